The summed E-state index contributed by atoms with van der Waals surface area (Å²) in [6.07, 6.45) is 3.29. The summed E-state index contributed by atoms with van der Waals surface area (Å²) in [6.45, 7) is 3.55. The van der Waals surface area contributed by atoms with Crippen molar-refractivity contribution >= 4 is 11.5 Å². The second kappa shape index (κ2) is 6.47. The summed E-state index contributed by atoms with van der Waals surface area (Å²) in [5.74, 6) is 3.32. The molecular formula is C18H21N5O. The Bertz CT molecular complexity index is 840. The molecule has 0 amide bonds. The zero-order valence-electron chi connectivity index (χ0n) is 13.8. The molecule has 1 aromatic carbocycles. The molecule has 1 N–H and O–H groups in total. The molecule has 3 aromatic rings. The van der Waals surface area contributed by atoms with Crippen LogP contribution in [0.4, 0.5) is 5.82 Å². The predicted molar refractivity (Wildman–Crippen MR) is 92.5 cm³/mol. The lowest BCUT2D eigenvalue weighted by Crippen LogP contribution is -2.10. The van der Waals surface area contributed by atoms with Gasteiger partial charge in [0.05, 0.1) is 6.61 Å². The fourth-order valence-electron chi connectivity index (χ4n) is 2.68. The van der Waals surface area contributed by atoms with Crippen LogP contribution in [0.3, 0.4) is 0 Å². The maximum absolute atomic E-state index is 5.81. The lowest BCUT2D eigenvalue weighted by molar-refractivity contribution is 0.313. The van der Waals surface area contributed by atoms with Gasteiger partial charge in [0, 0.05) is 12.5 Å². The first-order chi connectivity index (χ1) is 11.8. The summed E-state index contributed by atoms with van der Waals surface area (Å²) in [5, 5.41) is 16.4. The molecule has 6 nitrogen and oxygen atoms in total. The van der Waals surface area contributed by atoms with Crippen molar-refractivity contribution in [2.75, 3.05) is 18.5 Å². The third-order valence-electron chi connectivity index (χ3n) is 4.21. The van der Waals surface area contributed by atoms with E-state index in [1.165, 1.54) is 12.8 Å². The summed E-state index contributed by atoms with van der Waals surface area (Å²) >= 11 is 0. The first-order valence-electron chi connectivity index (χ1n) is 8.46. The van der Waals surface area contributed by atoms with Gasteiger partial charge in [0.2, 0.25) is 0 Å². The Labute approximate surface area is 140 Å². The largest absolute Gasteiger partial charge is 0.493 e. The van der Waals surface area contributed by atoms with Crippen LogP contribution >= 0.6 is 0 Å². The Kier molecular flexibility index (Phi) is 4.02. The van der Waals surface area contributed by atoms with E-state index in [1.807, 2.05) is 34.8 Å². The number of hydrogen-bond donors (Lipinski definition) is 1. The minimum Gasteiger partial charge on any atom is -0.493 e. The van der Waals surface area contributed by atoms with E-state index < -0.39 is 0 Å². The van der Waals surface area contributed by atoms with E-state index >= 15 is 0 Å². The molecule has 1 aliphatic rings. The number of aromatic nitrogens is 4. The maximum atomic E-state index is 5.81. The molecule has 0 aliphatic heterocycles. The van der Waals surface area contributed by atoms with Gasteiger partial charge in [-0.1, -0.05) is 18.2 Å². The maximum Gasteiger partial charge on any atom is 0.178 e. The summed E-state index contributed by atoms with van der Waals surface area (Å²) in [6, 6.07) is 12.0. The summed E-state index contributed by atoms with van der Waals surface area (Å²) in [7, 11) is 0. The van der Waals surface area contributed by atoms with E-state index in [0.29, 0.717) is 12.5 Å². The number of aryl methyl sites for hydroxylation is 1. The van der Waals surface area contributed by atoms with Crippen LogP contribution in [0.15, 0.2) is 36.4 Å². The minimum atomic E-state index is 0.533. The number of rotatable bonds is 7. The number of fused-ring (bicyclic) bond motifs is 1. The van der Waals surface area contributed by atoms with Crippen LogP contribution in [-0.4, -0.2) is 33.0 Å². The van der Waals surface area contributed by atoms with Crippen LogP contribution < -0.4 is 10.1 Å². The molecule has 1 fully saturated rings. The normalized spacial score (nSPS) is 14.0. The molecule has 0 saturated heterocycles. The zero-order valence-corrected chi connectivity index (χ0v) is 13.8. The Balaban J connectivity index is 1.30. The highest BCUT2D eigenvalue weighted by Gasteiger charge is 2.29. The van der Waals surface area contributed by atoms with Crippen LogP contribution in [0.1, 0.15) is 36.6 Å². The molecule has 0 atom stereocenters. The monoisotopic (exact) mass is 323 g/mol. The van der Waals surface area contributed by atoms with Gasteiger partial charge in [-0.2, -0.15) is 4.52 Å². The highest BCUT2D eigenvalue weighted by atomic mass is 16.5. The third kappa shape index (κ3) is 3.18. The van der Waals surface area contributed by atoms with Crippen LogP contribution in [-0.2, 0) is 0 Å². The van der Waals surface area contributed by atoms with Crippen LogP contribution in [0, 0.1) is 6.92 Å². The highest BCUT2D eigenvalue weighted by Crippen LogP contribution is 2.38. The lowest BCUT2D eigenvalue weighted by Gasteiger charge is -2.09. The fraction of sp³-hybridized carbons (Fsp3) is 0.389. The molecule has 0 spiro atoms. The number of anilines is 1. The Morgan fingerprint density at radius 3 is 2.88 bits per heavy atom. The van der Waals surface area contributed by atoms with E-state index in [9.17, 15) is 0 Å². The van der Waals surface area contributed by atoms with E-state index in [-0.39, 0.29) is 0 Å². The van der Waals surface area contributed by atoms with E-state index in [2.05, 4.69) is 33.6 Å². The van der Waals surface area contributed by atoms with Crippen LogP contribution in [0.25, 0.3) is 5.65 Å². The number of nitrogens with zero attached hydrogens (tertiary/aromatic N) is 4. The van der Waals surface area contributed by atoms with E-state index in [4.69, 9.17) is 4.74 Å². The Morgan fingerprint density at radius 2 is 2.04 bits per heavy atom. The van der Waals surface area contributed by atoms with Crippen molar-refractivity contribution in [2.24, 2.45) is 0 Å². The molecule has 2 heterocycles. The quantitative estimate of drug-likeness (QED) is 0.677. The number of hydrogen-bond acceptors (Lipinski definition) is 5. The summed E-state index contributed by atoms with van der Waals surface area (Å²) in [5.41, 5.74) is 1.98. The highest BCUT2D eigenvalue weighted by molar-refractivity contribution is 5.44. The molecule has 1 aliphatic carbocycles. The topological polar surface area (TPSA) is 64.3 Å². The third-order valence-corrected chi connectivity index (χ3v) is 4.21. The molecule has 0 radical (unpaired) electrons. The van der Waals surface area contributed by atoms with Crippen LogP contribution in [0.5, 0.6) is 5.75 Å². The van der Waals surface area contributed by atoms with Gasteiger partial charge >= 0.3 is 0 Å². The fourth-order valence-corrected chi connectivity index (χ4v) is 2.68. The Morgan fingerprint density at radius 1 is 1.17 bits per heavy atom. The molecule has 124 valence electrons. The van der Waals surface area contributed by atoms with E-state index in [0.717, 1.165) is 41.6 Å². The first-order valence-corrected chi connectivity index (χ1v) is 8.46. The number of ether oxygens (including phenoxy) is 1. The summed E-state index contributed by atoms with van der Waals surface area (Å²) < 4.78 is 7.67. The van der Waals surface area contributed by atoms with Crippen molar-refractivity contribution in [1.29, 1.82) is 0 Å². The predicted octanol–water partition coefficient (Wildman–Crippen LogP) is 3.19. The molecular weight excluding hydrogens is 302 g/mol. The average molecular weight is 323 g/mol. The van der Waals surface area contributed by atoms with Gasteiger partial charge in [-0.15, -0.1) is 15.3 Å². The number of benzene rings is 1. The smallest absolute Gasteiger partial charge is 0.178 e. The molecule has 1 saturated carbocycles. The van der Waals surface area contributed by atoms with Gasteiger partial charge in [-0.05, 0) is 49.9 Å². The standard InChI is InChI=1S/C18H21N5O/c1-13-5-2-3-6-15(13)24-12-4-11-19-16-9-10-17-20-21-18(14-7-8-14)23(17)22-16/h2-3,5-6,9-10,14H,4,7-8,11-12H2,1H3,(H,19,22). The van der Waals surface area contributed by atoms with E-state index in [1.54, 1.807) is 0 Å². The van der Waals surface area contributed by atoms with Crippen LogP contribution in [0.2, 0.25) is 0 Å². The van der Waals surface area contributed by atoms with Crippen molar-refractivity contribution in [3.05, 3.63) is 47.8 Å². The molecule has 2 aromatic heterocycles. The number of para-hydroxylation sites is 1. The van der Waals surface area contributed by atoms with Crippen molar-refractivity contribution in [3.8, 4) is 5.75 Å². The van der Waals surface area contributed by atoms with Gasteiger partial charge in [-0.3, -0.25) is 0 Å². The molecule has 24 heavy (non-hydrogen) atoms. The van der Waals surface area contributed by atoms with Crippen molar-refractivity contribution in [1.82, 2.24) is 19.8 Å². The lowest BCUT2D eigenvalue weighted by atomic mass is 10.2. The number of nitrogens with one attached hydrogen (secondary N) is 1. The van der Waals surface area contributed by atoms with Gasteiger partial charge in [-0.25, -0.2) is 0 Å². The SMILES string of the molecule is Cc1ccccc1OCCCNc1ccc2nnc(C3CC3)n2n1. The molecule has 0 bridgehead atoms. The van der Waals surface area contributed by atoms with Gasteiger partial charge in [0.25, 0.3) is 0 Å². The van der Waals surface area contributed by atoms with Crippen molar-refractivity contribution in [2.45, 2.75) is 32.1 Å². The zero-order chi connectivity index (χ0) is 16.4. The van der Waals surface area contributed by atoms with Crippen molar-refractivity contribution < 1.29 is 4.74 Å². The molecule has 4 rings (SSSR count). The van der Waals surface area contributed by atoms with Gasteiger partial charge in [0.1, 0.15) is 11.6 Å². The van der Waals surface area contributed by atoms with Crippen molar-refractivity contribution in [3.63, 3.8) is 0 Å². The molecule has 0 unspecified atom stereocenters. The summed E-state index contributed by atoms with van der Waals surface area (Å²) in [4.78, 5) is 0. The Hall–Kier alpha value is -2.63. The second-order valence-electron chi connectivity index (χ2n) is 6.22. The average Bonchev–Trinajstić information content (AvgIpc) is 3.36. The van der Waals surface area contributed by atoms with Gasteiger partial charge in [0.15, 0.2) is 11.5 Å². The second-order valence-corrected chi connectivity index (χ2v) is 6.22. The minimum absolute atomic E-state index is 0.533. The molecule has 6 heteroatoms. The first kappa shape index (κ1) is 14.9. The van der Waals surface area contributed by atoms with Gasteiger partial charge < -0.3 is 10.1 Å².